The molecule has 0 fully saturated rings. The summed E-state index contributed by atoms with van der Waals surface area (Å²) in [5, 5.41) is 10.5. The molecule has 0 aliphatic carbocycles. The van der Waals surface area contributed by atoms with Gasteiger partial charge < -0.3 is 9.30 Å². The molecule has 2 heterocycles. The summed E-state index contributed by atoms with van der Waals surface area (Å²) in [6.45, 7) is 0.426. The van der Waals surface area contributed by atoms with Gasteiger partial charge in [0.05, 0.1) is 23.4 Å². The van der Waals surface area contributed by atoms with E-state index in [0.29, 0.717) is 24.4 Å². The van der Waals surface area contributed by atoms with Gasteiger partial charge in [-0.3, -0.25) is 4.79 Å². The van der Waals surface area contributed by atoms with Crippen LogP contribution < -0.4 is 4.74 Å². The van der Waals surface area contributed by atoms with E-state index in [4.69, 9.17) is 10.00 Å². The number of para-hydroxylation sites is 2. The number of benzene rings is 2. The Balaban J connectivity index is 1.61. The topological polar surface area (TPSA) is 80.8 Å². The number of carbonyl (C=O) groups is 1. The Hall–Kier alpha value is -3.72. The number of aryl methyl sites for hydroxylation is 1. The van der Waals surface area contributed by atoms with Crippen molar-refractivity contribution in [2.45, 2.75) is 13.0 Å². The molecule has 0 atom stereocenters. The average molecular weight is 356 g/mol. The summed E-state index contributed by atoms with van der Waals surface area (Å²) in [4.78, 5) is 21.2. The quantitative estimate of drug-likeness (QED) is 0.491. The van der Waals surface area contributed by atoms with Crippen molar-refractivity contribution in [3.05, 3.63) is 66.6 Å². The number of nitriles is 1. The zero-order chi connectivity index (χ0) is 18.6. The second-order valence-electron chi connectivity index (χ2n) is 6.07. The molecule has 0 N–H and O–H groups in total. The van der Waals surface area contributed by atoms with Crippen molar-refractivity contribution in [1.29, 1.82) is 5.26 Å². The summed E-state index contributed by atoms with van der Waals surface area (Å²) < 4.78 is 7.65. The summed E-state index contributed by atoms with van der Waals surface area (Å²) >= 11 is 0. The zero-order valence-corrected chi connectivity index (χ0v) is 14.5. The molecule has 0 spiro atoms. The van der Waals surface area contributed by atoms with Crippen LogP contribution in [-0.4, -0.2) is 26.9 Å². The van der Waals surface area contributed by atoms with Gasteiger partial charge in [0.15, 0.2) is 6.61 Å². The van der Waals surface area contributed by atoms with Crippen LogP contribution in [-0.2, 0) is 6.54 Å². The van der Waals surface area contributed by atoms with Gasteiger partial charge in [-0.1, -0.05) is 30.3 Å². The molecule has 4 aromatic rings. The number of aromatic nitrogens is 3. The molecule has 2 aromatic carbocycles. The van der Waals surface area contributed by atoms with Gasteiger partial charge in [0.25, 0.3) is 0 Å². The minimum absolute atomic E-state index is 0.118. The van der Waals surface area contributed by atoms with Gasteiger partial charge in [0, 0.05) is 29.2 Å². The highest BCUT2D eigenvalue weighted by molar-refractivity contribution is 6.08. The first kappa shape index (κ1) is 16.7. The van der Waals surface area contributed by atoms with E-state index >= 15 is 0 Å². The van der Waals surface area contributed by atoms with Crippen molar-refractivity contribution in [3.8, 4) is 11.9 Å². The Kier molecular flexibility index (Phi) is 4.50. The van der Waals surface area contributed by atoms with E-state index in [-0.39, 0.29) is 12.4 Å². The maximum Gasteiger partial charge on any atom is 0.224 e. The summed E-state index contributed by atoms with van der Waals surface area (Å²) in [7, 11) is 0. The van der Waals surface area contributed by atoms with E-state index < -0.39 is 0 Å². The molecule has 6 nitrogen and oxygen atoms in total. The summed E-state index contributed by atoms with van der Waals surface area (Å²) in [6.07, 6.45) is 3.61. The second-order valence-corrected chi connectivity index (χ2v) is 6.07. The standard InChI is InChI=1S/C21H16N4O2/c22-10-5-11-25-12-17(15-6-2-4-9-19(15)25)20(26)13-27-21-16-7-1-3-8-18(16)23-14-24-21/h1-4,6-9,12,14H,5,11,13H2. The minimum Gasteiger partial charge on any atom is -0.469 e. The zero-order valence-electron chi connectivity index (χ0n) is 14.5. The number of rotatable bonds is 6. The van der Waals surface area contributed by atoms with Crippen molar-refractivity contribution in [3.63, 3.8) is 0 Å². The Morgan fingerprint density at radius 3 is 2.70 bits per heavy atom. The van der Waals surface area contributed by atoms with Crippen LogP contribution in [0, 0.1) is 11.3 Å². The first-order valence-electron chi connectivity index (χ1n) is 8.58. The van der Waals surface area contributed by atoms with E-state index in [1.165, 1.54) is 6.33 Å². The number of ketones is 1. The predicted molar refractivity (Wildman–Crippen MR) is 102 cm³/mol. The Labute approximate surface area is 155 Å². The molecule has 0 amide bonds. The van der Waals surface area contributed by atoms with Gasteiger partial charge in [-0.05, 0) is 18.2 Å². The number of nitrogens with zero attached hydrogens (tertiary/aromatic N) is 4. The number of hydrogen-bond acceptors (Lipinski definition) is 5. The highest BCUT2D eigenvalue weighted by atomic mass is 16.5. The van der Waals surface area contributed by atoms with Crippen molar-refractivity contribution >= 4 is 27.6 Å². The number of ether oxygens (including phenoxy) is 1. The highest BCUT2D eigenvalue weighted by Gasteiger charge is 2.16. The molecule has 0 unspecified atom stereocenters. The van der Waals surface area contributed by atoms with Crippen LogP contribution in [0.4, 0.5) is 0 Å². The maximum absolute atomic E-state index is 12.8. The van der Waals surface area contributed by atoms with Crippen molar-refractivity contribution in [2.75, 3.05) is 6.61 Å². The van der Waals surface area contributed by atoms with E-state index in [2.05, 4.69) is 16.0 Å². The van der Waals surface area contributed by atoms with Crippen LogP contribution in [0.1, 0.15) is 16.8 Å². The third-order valence-corrected chi connectivity index (χ3v) is 4.40. The number of carbonyl (C=O) groups excluding carboxylic acids is 1. The van der Waals surface area contributed by atoms with E-state index in [9.17, 15) is 4.79 Å². The molecule has 4 rings (SSSR count). The molecule has 0 bridgehead atoms. The maximum atomic E-state index is 12.8. The molecule has 0 aliphatic heterocycles. The third kappa shape index (κ3) is 3.23. The van der Waals surface area contributed by atoms with Crippen LogP contribution in [0.15, 0.2) is 61.1 Å². The Morgan fingerprint density at radius 1 is 1.07 bits per heavy atom. The van der Waals surface area contributed by atoms with E-state index in [1.807, 2.05) is 53.1 Å². The number of fused-ring (bicyclic) bond motifs is 2. The average Bonchev–Trinajstić information content (AvgIpc) is 3.09. The van der Waals surface area contributed by atoms with Crippen LogP contribution in [0.25, 0.3) is 21.8 Å². The normalized spacial score (nSPS) is 10.8. The highest BCUT2D eigenvalue weighted by Crippen LogP contribution is 2.24. The summed E-state index contributed by atoms with van der Waals surface area (Å²) in [6, 6.07) is 17.3. The molecule has 2 aromatic heterocycles. The van der Waals surface area contributed by atoms with Gasteiger partial charge in [-0.25, -0.2) is 9.97 Å². The van der Waals surface area contributed by atoms with Gasteiger partial charge in [0.2, 0.25) is 11.7 Å². The SMILES string of the molecule is N#CCCn1cc(C(=O)COc2ncnc3ccccc23)c2ccccc21. The van der Waals surface area contributed by atoms with Crippen molar-refractivity contribution in [1.82, 2.24) is 14.5 Å². The van der Waals surface area contributed by atoms with Crippen LogP contribution in [0.3, 0.4) is 0 Å². The molecule has 0 radical (unpaired) electrons. The molecule has 132 valence electrons. The lowest BCUT2D eigenvalue weighted by atomic mass is 10.1. The monoisotopic (exact) mass is 356 g/mol. The van der Waals surface area contributed by atoms with E-state index in [0.717, 1.165) is 21.8 Å². The molecule has 0 saturated carbocycles. The van der Waals surface area contributed by atoms with Crippen LogP contribution >= 0.6 is 0 Å². The third-order valence-electron chi connectivity index (χ3n) is 4.40. The van der Waals surface area contributed by atoms with E-state index in [1.54, 1.807) is 6.20 Å². The Morgan fingerprint density at radius 2 is 1.85 bits per heavy atom. The first-order valence-corrected chi connectivity index (χ1v) is 8.58. The number of Topliss-reactive ketones (excluding diaryl/α,β-unsaturated/α-hetero) is 1. The van der Waals surface area contributed by atoms with Gasteiger partial charge in [-0.15, -0.1) is 0 Å². The smallest absolute Gasteiger partial charge is 0.224 e. The van der Waals surface area contributed by atoms with Gasteiger partial charge in [-0.2, -0.15) is 5.26 Å². The fourth-order valence-corrected chi connectivity index (χ4v) is 3.13. The lowest BCUT2D eigenvalue weighted by molar-refractivity contribution is 0.0920. The fourth-order valence-electron chi connectivity index (χ4n) is 3.13. The minimum atomic E-state index is -0.135. The lowest BCUT2D eigenvalue weighted by Crippen LogP contribution is -2.12. The molecular formula is C21H16N4O2. The molecule has 27 heavy (non-hydrogen) atoms. The second kappa shape index (κ2) is 7.26. The van der Waals surface area contributed by atoms with Crippen LogP contribution in [0.2, 0.25) is 0 Å². The van der Waals surface area contributed by atoms with Gasteiger partial charge in [0.1, 0.15) is 6.33 Å². The first-order chi connectivity index (χ1) is 13.3. The van der Waals surface area contributed by atoms with Crippen molar-refractivity contribution < 1.29 is 9.53 Å². The summed E-state index contributed by atoms with van der Waals surface area (Å²) in [5.74, 6) is 0.256. The summed E-state index contributed by atoms with van der Waals surface area (Å²) in [5.41, 5.74) is 2.29. The van der Waals surface area contributed by atoms with Crippen LogP contribution in [0.5, 0.6) is 5.88 Å². The number of hydrogen-bond donors (Lipinski definition) is 0. The largest absolute Gasteiger partial charge is 0.469 e. The molecule has 6 heteroatoms. The fraction of sp³-hybridized carbons (Fsp3) is 0.143. The van der Waals surface area contributed by atoms with Gasteiger partial charge >= 0.3 is 0 Å². The molecule has 0 aliphatic rings. The lowest BCUT2D eigenvalue weighted by Gasteiger charge is -2.06. The molecule has 0 saturated heterocycles. The Bertz CT molecular complexity index is 1170. The van der Waals surface area contributed by atoms with Crippen molar-refractivity contribution in [2.24, 2.45) is 0 Å². The predicted octanol–water partition coefficient (Wildman–Crippen LogP) is 3.76. The molecular weight excluding hydrogens is 340 g/mol.